The second-order valence-electron chi connectivity index (χ2n) is 3.29. The van der Waals surface area contributed by atoms with Crippen LogP contribution in [-0.4, -0.2) is 5.66 Å². The Kier molecular flexibility index (Phi) is 4.23. The molecular weight excluding hydrogens is 305 g/mol. The molecule has 0 aliphatic heterocycles. The number of alkyl halides is 3. The van der Waals surface area contributed by atoms with E-state index in [2.05, 4.69) is 15.9 Å². The maximum Gasteiger partial charge on any atom is 0.275 e. The van der Waals surface area contributed by atoms with Gasteiger partial charge >= 0.3 is 0 Å². The van der Waals surface area contributed by atoms with Crippen LogP contribution in [0.4, 0.5) is 8.78 Å². The first-order valence-electron chi connectivity index (χ1n) is 4.30. The largest absolute Gasteiger partial charge is 0.807 e. The molecule has 0 aliphatic rings. The maximum atomic E-state index is 12.9. The van der Waals surface area contributed by atoms with Crippen molar-refractivity contribution in [3.63, 3.8) is 0 Å². The standard InChI is InChI=1S/C9H10BrF2O3P/c10-6-8-3-1-7(2-4-8)5-9(11,12)16(13,14)15/h1-4H,5-6H2,(H2,13,14,15)/p-2. The summed E-state index contributed by atoms with van der Waals surface area (Å²) in [6.07, 6.45) is -1.08. The zero-order valence-corrected chi connectivity index (χ0v) is 10.5. The van der Waals surface area contributed by atoms with Crippen LogP contribution in [0, 0.1) is 0 Å². The highest BCUT2D eigenvalue weighted by Gasteiger charge is 2.33. The van der Waals surface area contributed by atoms with E-state index in [1.165, 1.54) is 12.1 Å². The second-order valence-corrected chi connectivity index (χ2v) is 5.50. The molecule has 0 unspecified atom stereocenters. The normalized spacial score (nSPS) is 12.8. The molecule has 1 rings (SSSR count). The Morgan fingerprint density at radius 2 is 1.62 bits per heavy atom. The van der Waals surface area contributed by atoms with Gasteiger partial charge in [-0.2, -0.15) is 0 Å². The first-order chi connectivity index (χ1) is 7.26. The minimum atomic E-state index is -5.90. The van der Waals surface area contributed by atoms with Gasteiger partial charge in [0.25, 0.3) is 5.66 Å². The van der Waals surface area contributed by atoms with E-state index in [0.29, 0.717) is 5.33 Å². The molecular formula is C9H8BrF2O3P-2. The molecule has 0 aromatic heterocycles. The lowest BCUT2D eigenvalue weighted by molar-refractivity contribution is -0.333. The van der Waals surface area contributed by atoms with E-state index in [-0.39, 0.29) is 5.56 Å². The maximum absolute atomic E-state index is 12.9. The Balaban J connectivity index is 2.84. The van der Waals surface area contributed by atoms with E-state index in [1.807, 2.05) is 0 Å². The minimum absolute atomic E-state index is 0.113. The Morgan fingerprint density at radius 3 is 2.00 bits per heavy atom. The molecule has 0 saturated heterocycles. The van der Waals surface area contributed by atoms with Crippen molar-refractivity contribution in [3.05, 3.63) is 35.4 Å². The van der Waals surface area contributed by atoms with Crippen LogP contribution in [0.2, 0.25) is 0 Å². The van der Waals surface area contributed by atoms with Crippen molar-refractivity contribution in [1.82, 2.24) is 0 Å². The van der Waals surface area contributed by atoms with E-state index in [1.54, 1.807) is 12.1 Å². The summed E-state index contributed by atoms with van der Waals surface area (Å²) in [6.45, 7) is 0. The van der Waals surface area contributed by atoms with Crippen molar-refractivity contribution in [3.8, 4) is 0 Å². The Hall–Kier alpha value is -0.290. The van der Waals surface area contributed by atoms with Gasteiger partial charge in [0.05, 0.1) is 0 Å². The van der Waals surface area contributed by atoms with Gasteiger partial charge in [-0.25, -0.2) is 8.78 Å². The van der Waals surface area contributed by atoms with Crippen LogP contribution in [0.1, 0.15) is 11.1 Å². The lowest BCUT2D eigenvalue weighted by Crippen LogP contribution is -2.33. The first-order valence-corrected chi connectivity index (χ1v) is 6.96. The van der Waals surface area contributed by atoms with Crippen molar-refractivity contribution in [1.29, 1.82) is 0 Å². The number of halogens is 3. The van der Waals surface area contributed by atoms with Crippen molar-refractivity contribution >= 4 is 23.5 Å². The van der Waals surface area contributed by atoms with Gasteiger partial charge in [-0.1, -0.05) is 40.2 Å². The summed E-state index contributed by atoms with van der Waals surface area (Å²) in [4.78, 5) is 20.6. The van der Waals surface area contributed by atoms with Gasteiger partial charge < -0.3 is 14.4 Å². The van der Waals surface area contributed by atoms with E-state index < -0.39 is 19.7 Å². The average Bonchev–Trinajstić information content (AvgIpc) is 2.16. The summed E-state index contributed by atoms with van der Waals surface area (Å²) in [5.74, 6) is 0. The second kappa shape index (κ2) is 4.92. The molecule has 1 aromatic rings. The Bertz CT molecular complexity index is 402. The molecule has 0 atom stereocenters. The molecule has 0 heterocycles. The molecule has 0 spiro atoms. The summed E-state index contributed by atoms with van der Waals surface area (Å²) in [5.41, 5.74) is -3.25. The molecule has 90 valence electrons. The average molecular weight is 313 g/mol. The quantitative estimate of drug-likeness (QED) is 0.627. The summed E-state index contributed by atoms with van der Waals surface area (Å²) < 4.78 is 36.1. The van der Waals surface area contributed by atoms with Gasteiger partial charge in [-0.05, 0) is 11.1 Å². The third-order valence-corrected chi connectivity index (χ3v) is 3.60. The van der Waals surface area contributed by atoms with Crippen LogP contribution >= 0.6 is 23.5 Å². The fourth-order valence-electron chi connectivity index (χ4n) is 1.09. The Labute approximate surface area is 99.8 Å². The molecule has 1 aromatic carbocycles. The highest BCUT2D eigenvalue weighted by molar-refractivity contribution is 9.08. The van der Waals surface area contributed by atoms with E-state index in [0.717, 1.165) is 5.56 Å². The number of rotatable bonds is 4. The van der Waals surface area contributed by atoms with Crippen LogP contribution in [-0.2, 0) is 16.3 Å². The number of hydrogen-bond donors (Lipinski definition) is 0. The molecule has 0 radical (unpaired) electrons. The molecule has 3 nitrogen and oxygen atoms in total. The van der Waals surface area contributed by atoms with Crippen LogP contribution in [0.3, 0.4) is 0 Å². The van der Waals surface area contributed by atoms with Crippen molar-refractivity contribution in [2.24, 2.45) is 0 Å². The lowest BCUT2D eigenvalue weighted by Gasteiger charge is -2.37. The van der Waals surface area contributed by atoms with Gasteiger partial charge in [0, 0.05) is 19.3 Å². The van der Waals surface area contributed by atoms with Crippen LogP contribution < -0.4 is 9.79 Å². The first kappa shape index (κ1) is 13.8. The smallest absolute Gasteiger partial charge is 0.275 e. The fourth-order valence-corrected chi connectivity index (χ4v) is 1.84. The Morgan fingerprint density at radius 1 is 1.19 bits per heavy atom. The molecule has 0 fully saturated rings. The molecule has 0 bridgehead atoms. The van der Waals surface area contributed by atoms with E-state index >= 15 is 0 Å². The van der Waals surface area contributed by atoms with Gasteiger partial charge in [-0.3, -0.25) is 0 Å². The van der Waals surface area contributed by atoms with Crippen molar-refractivity contribution in [2.75, 3.05) is 0 Å². The van der Waals surface area contributed by atoms with Crippen LogP contribution in [0.15, 0.2) is 24.3 Å². The molecule has 0 saturated carbocycles. The molecule has 0 aliphatic carbocycles. The SMILES string of the molecule is O=P([O-])([O-])C(F)(F)Cc1ccc(CBr)cc1. The lowest BCUT2D eigenvalue weighted by atomic mass is 10.1. The minimum Gasteiger partial charge on any atom is -0.807 e. The molecule has 0 N–H and O–H groups in total. The van der Waals surface area contributed by atoms with Gasteiger partial charge in [0.15, 0.2) is 0 Å². The topological polar surface area (TPSA) is 63.2 Å². The zero-order valence-electron chi connectivity index (χ0n) is 8.03. The number of hydrogen-bond acceptors (Lipinski definition) is 3. The highest BCUT2D eigenvalue weighted by Crippen LogP contribution is 2.47. The van der Waals surface area contributed by atoms with Crippen LogP contribution in [0.5, 0.6) is 0 Å². The highest BCUT2D eigenvalue weighted by atomic mass is 79.9. The molecule has 16 heavy (non-hydrogen) atoms. The third kappa shape index (κ3) is 3.35. The van der Waals surface area contributed by atoms with E-state index in [9.17, 15) is 23.1 Å². The number of benzene rings is 1. The van der Waals surface area contributed by atoms with E-state index in [4.69, 9.17) is 0 Å². The predicted octanol–water partition coefficient (Wildman–Crippen LogP) is 1.63. The summed E-state index contributed by atoms with van der Waals surface area (Å²) in [5, 5.41) is 0.575. The summed E-state index contributed by atoms with van der Waals surface area (Å²) in [7, 11) is -5.90. The summed E-state index contributed by atoms with van der Waals surface area (Å²) in [6, 6.07) is 5.92. The van der Waals surface area contributed by atoms with Crippen LogP contribution in [0.25, 0.3) is 0 Å². The van der Waals surface area contributed by atoms with Gasteiger partial charge in [0.2, 0.25) is 0 Å². The molecule has 0 amide bonds. The zero-order chi connectivity index (χ0) is 12.4. The van der Waals surface area contributed by atoms with Crippen molar-refractivity contribution < 1.29 is 23.1 Å². The van der Waals surface area contributed by atoms with Gasteiger partial charge in [-0.15, -0.1) is 0 Å². The summed E-state index contributed by atoms with van der Waals surface area (Å²) >= 11 is 3.18. The third-order valence-electron chi connectivity index (χ3n) is 1.99. The van der Waals surface area contributed by atoms with Gasteiger partial charge in [0.1, 0.15) is 0 Å². The predicted molar refractivity (Wildman–Crippen MR) is 55.3 cm³/mol. The monoisotopic (exact) mass is 312 g/mol. The fraction of sp³-hybridized carbons (Fsp3) is 0.333. The molecule has 7 heteroatoms. The van der Waals surface area contributed by atoms with Crippen molar-refractivity contribution in [2.45, 2.75) is 17.4 Å².